The lowest BCUT2D eigenvalue weighted by atomic mass is 10.3. The third-order valence-electron chi connectivity index (χ3n) is 2.14. The summed E-state index contributed by atoms with van der Waals surface area (Å²) in [7, 11) is 0. The van der Waals surface area contributed by atoms with E-state index in [0.29, 0.717) is 0 Å². The van der Waals surface area contributed by atoms with Gasteiger partial charge >= 0.3 is 0 Å². The lowest BCUT2D eigenvalue weighted by Gasteiger charge is -1.79. The van der Waals surface area contributed by atoms with Gasteiger partial charge in [-0.1, -0.05) is 125 Å². The molecule has 16 nitrogen and oxygen atoms in total. The molecular weight excluding hydrogens is 681 g/mol. The maximum atomic E-state index is 3.67. The van der Waals surface area contributed by atoms with Crippen LogP contribution in [0.25, 0.3) is 0 Å². The van der Waals surface area contributed by atoms with Crippen molar-refractivity contribution in [3.63, 3.8) is 0 Å². The number of rotatable bonds is 0. The Morgan fingerprint density at radius 1 is 0.315 bits per heavy atom. The Balaban J connectivity index is -0.000000117. The largest absolute Gasteiger partial charge is 0.351 e. The zero-order chi connectivity index (χ0) is 42.7. The highest BCUT2D eigenvalue weighted by atomic mass is 15.3. The molecular formula is C38H80N16. The van der Waals surface area contributed by atoms with Gasteiger partial charge in [0.25, 0.3) is 0 Å². The Bertz CT molecular complexity index is 799. The molecule has 6 rings (SSSR count). The van der Waals surface area contributed by atoms with Gasteiger partial charge in [0.1, 0.15) is 25.3 Å². The second-order valence-corrected chi connectivity index (χ2v) is 14.5. The minimum atomic E-state index is 0.833. The van der Waals surface area contributed by atoms with Crippen LogP contribution in [0.2, 0.25) is 0 Å². The van der Waals surface area contributed by atoms with Crippen LogP contribution in [-0.4, -0.2) is 81.3 Å². The summed E-state index contributed by atoms with van der Waals surface area (Å²) >= 11 is 0. The van der Waals surface area contributed by atoms with Crippen molar-refractivity contribution in [2.45, 2.75) is 125 Å². The summed E-state index contributed by atoms with van der Waals surface area (Å²) in [4.78, 5) is 13.5. The molecule has 6 N–H and O–H groups in total. The van der Waals surface area contributed by atoms with Crippen LogP contribution in [0.4, 0.5) is 0 Å². The maximum Gasteiger partial charge on any atom is 0.137 e. The Morgan fingerprint density at radius 2 is 0.648 bits per heavy atom. The normalized spacial score (nSPS) is 8.44. The fourth-order valence-corrected chi connectivity index (χ4v) is 1.10. The first-order valence-electron chi connectivity index (χ1n) is 18.4. The third kappa shape index (κ3) is 159. The molecule has 0 atom stereocenters. The standard InChI is InChI=1S/6C4H10.2C3H4N2.4C2H3N3/c6*1-4(2)3;1-2-5-3-4-1;1-2-4-5-3-1;2*1-3-2-5-4-1;2*1-2-4-5-3-1/h6*4H,1-3H3;2*1-3H,(H,4,5);4*1-2H,(H,3,4,5). The number of nitrogens with one attached hydrogen (secondary N) is 6. The zero-order valence-electron chi connectivity index (χ0n) is 37.0. The SMILES string of the molecule is CC(C)C.CC(C)C.CC(C)C.CC(C)C.CC(C)C.CC(C)C.c1c[nH]cn1.c1cn[nH]c1.c1cn[nH]n1.c1cn[nH]n1.c1nc[nH]n1.c1nc[nH]n1. The lowest BCUT2D eigenvalue weighted by Crippen LogP contribution is -1.66. The molecule has 54 heavy (non-hydrogen) atoms. The van der Waals surface area contributed by atoms with E-state index in [1.165, 1.54) is 25.3 Å². The first-order valence-corrected chi connectivity index (χ1v) is 18.4. The van der Waals surface area contributed by atoms with Crippen LogP contribution in [0.15, 0.2) is 87.3 Å². The molecule has 0 fully saturated rings. The summed E-state index contributed by atoms with van der Waals surface area (Å²) in [5.41, 5.74) is 0. The summed E-state index contributed by atoms with van der Waals surface area (Å²) in [6, 6.07) is 1.83. The molecule has 0 bridgehead atoms. The molecule has 0 aliphatic rings. The molecule has 0 amide bonds. The molecule has 0 saturated carbocycles. The van der Waals surface area contributed by atoms with Gasteiger partial charge in [-0.25, -0.2) is 15.0 Å². The van der Waals surface area contributed by atoms with Crippen molar-refractivity contribution in [1.82, 2.24) is 81.3 Å². The van der Waals surface area contributed by atoms with Crippen LogP contribution >= 0.6 is 0 Å². The highest BCUT2D eigenvalue weighted by molar-refractivity contribution is 4.72. The van der Waals surface area contributed by atoms with Crippen LogP contribution in [0.3, 0.4) is 0 Å². The average molecular weight is 761 g/mol. The summed E-state index contributed by atoms with van der Waals surface area (Å²) in [5, 5.41) is 36.8. The Kier molecular flexibility index (Phi) is 64.8. The van der Waals surface area contributed by atoms with E-state index in [0.717, 1.165) is 35.5 Å². The van der Waals surface area contributed by atoms with Crippen molar-refractivity contribution in [2.75, 3.05) is 0 Å². The lowest BCUT2D eigenvalue weighted by molar-refractivity contribution is 0.736. The van der Waals surface area contributed by atoms with Crippen LogP contribution in [0, 0.1) is 35.5 Å². The Labute approximate surface area is 328 Å². The fourth-order valence-electron chi connectivity index (χ4n) is 1.10. The Hall–Kier alpha value is -5.02. The predicted molar refractivity (Wildman–Crippen MR) is 226 cm³/mol. The predicted octanol–water partition coefficient (Wildman–Crippen LogP) is 10.0. The van der Waals surface area contributed by atoms with Gasteiger partial charge in [0.2, 0.25) is 0 Å². The van der Waals surface area contributed by atoms with E-state index in [1.54, 1.807) is 55.9 Å². The first-order chi connectivity index (χ1) is 25.4. The number of hydrogen-bond donors (Lipinski definition) is 6. The first kappa shape index (κ1) is 61.0. The molecule has 6 aromatic heterocycles. The zero-order valence-corrected chi connectivity index (χ0v) is 37.0. The molecule has 0 spiro atoms. The Morgan fingerprint density at radius 3 is 0.722 bits per heavy atom. The molecule has 6 heterocycles. The van der Waals surface area contributed by atoms with Crippen molar-refractivity contribution in [1.29, 1.82) is 0 Å². The molecule has 0 aromatic carbocycles. The van der Waals surface area contributed by atoms with Crippen molar-refractivity contribution < 1.29 is 0 Å². The van der Waals surface area contributed by atoms with Crippen LogP contribution < -0.4 is 0 Å². The summed E-state index contributed by atoms with van der Waals surface area (Å²) in [5.74, 6) is 5.00. The van der Waals surface area contributed by atoms with E-state index in [2.05, 4.69) is 206 Å². The van der Waals surface area contributed by atoms with Crippen molar-refractivity contribution in [3.05, 3.63) is 87.3 Å². The number of imidazole rings is 1. The molecule has 6 aromatic rings. The average Bonchev–Trinajstić information content (AvgIpc) is 3.92. The van der Waals surface area contributed by atoms with Gasteiger partial charge in [-0.2, -0.15) is 46.1 Å². The summed E-state index contributed by atoms with van der Waals surface area (Å²) < 4.78 is 0. The summed E-state index contributed by atoms with van der Waals surface area (Å²) in [6.07, 6.45) is 20.8. The molecule has 16 heteroatoms. The van der Waals surface area contributed by atoms with Gasteiger partial charge in [-0.05, 0) is 41.6 Å². The number of H-pyrrole nitrogens is 6. The van der Waals surface area contributed by atoms with Crippen LogP contribution in [0.5, 0.6) is 0 Å². The minimum absolute atomic E-state index is 0.833. The van der Waals surface area contributed by atoms with Gasteiger partial charge in [0, 0.05) is 24.8 Å². The second kappa shape index (κ2) is 57.3. The maximum absolute atomic E-state index is 3.67. The van der Waals surface area contributed by atoms with Crippen LogP contribution in [0.1, 0.15) is 125 Å². The third-order valence-corrected chi connectivity index (χ3v) is 2.14. The van der Waals surface area contributed by atoms with Crippen molar-refractivity contribution >= 4 is 0 Å². The topological polar surface area (TPSA) is 224 Å². The smallest absolute Gasteiger partial charge is 0.137 e. The van der Waals surface area contributed by atoms with Gasteiger partial charge in [0.05, 0.1) is 31.1 Å². The molecule has 0 saturated heterocycles. The molecule has 0 aliphatic carbocycles. The van der Waals surface area contributed by atoms with Gasteiger partial charge in [0.15, 0.2) is 0 Å². The van der Waals surface area contributed by atoms with E-state index in [9.17, 15) is 0 Å². The quantitative estimate of drug-likeness (QED) is 0.0859. The number of hydrogen-bond acceptors (Lipinski definition) is 10. The van der Waals surface area contributed by atoms with Gasteiger partial charge in [-0.3, -0.25) is 15.3 Å². The van der Waals surface area contributed by atoms with Gasteiger partial charge in [-0.15, -0.1) is 0 Å². The van der Waals surface area contributed by atoms with E-state index >= 15 is 0 Å². The molecule has 312 valence electrons. The molecule has 0 radical (unpaired) electrons. The van der Waals surface area contributed by atoms with E-state index in [4.69, 9.17) is 0 Å². The van der Waals surface area contributed by atoms with Crippen LogP contribution in [-0.2, 0) is 0 Å². The fraction of sp³-hybridized carbons (Fsp3) is 0.632. The van der Waals surface area contributed by atoms with E-state index in [-0.39, 0.29) is 0 Å². The second-order valence-electron chi connectivity index (χ2n) is 14.5. The monoisotopic (exact) mass is 761 g/mol. The van der Waals surface area contributed by atoms with Gasteiger partial charge < -0.3 is 4.98 Å². The van der Waals surface area contributed by atoms with Crippen molar-refractivity contribution in [2.24, 2.45) is 35.5 Å². The highest BCUT2D eigenvalue weighted by Gasteiger charge is 1.70. The minimum Gasteiger partial charge on any atom is -0.351 e. The number of aromatic nitrogens is 16. The number of aromatic amines is 6. The molecule has 0 unspecified atom stereocenters. The highest BCUT2D eigenvalue weighted by Crippen LogP contribution is 1.83. The number of nitrogens with zero attached hydrogens (tertiary/aromatic N) is 10. The van der Waals surface area contributed by atoms with E-state index in [1.807, 2.05) is 6.07 Å². The summed E-state index contributed by atoms with van der Waals surface area (Å²) in [6.45, 7) is 39.0. The van der Waals surface area contributed by atoms with Crippen molar-refractivity contribution in [3.8, 4) is 0 Å². The van der Waals surface area contributed by atoms with E-state index < -0.39 is 0 Å². The molecule has 0 aliphatic heterocycles.